The van der Waals surface area contributed by atoms with Crippen LogP contribution in [0, 0.1) is 0 Å². The van der Waals surface area contributed by atoms with Crippen LogP contribution >= 0.6 is 0 Å². The number of fused-ring (bicyclic) bond motifs is 3. The second-order valence-electron chi connectivity index (χ2n) is 8.09. The zero-order valence-corrected chi connectivity index (χ0v) is 18.5. The first kappa shape index (κ1) is 21.0. The second kappa shape index (κ2) is 9.34. The fraction of sp³-hybridized carbons (Fsp3) is 0.231. The zero-order valence-electron chi connectivity index (χ0n) is 18.5. The van der Waals surface area contributed by atoms with E-state index in [9.17, 15) is 4.79 Å². The Morgan fingerprint density at radius 1 is 1.00 bits per heavy atom. The van der Waals surface area contributed by atoms with E-state index >= 15 is 0 Å². The molecular formula is C26H26N4O3. The summed E-state index contributed by atoms with van der Waals surface area (Å²) in [4.78, 5) is 19.6. The van der Waals surface area contributed by atoms with Crippen LogP contribution in [0.4, 0.5) is 5.69 Å². The van der Waals surface area contributed by atoms with Crippen molar-refractivity contribution in [2.24, 2.45) is 0 Å². The molecule has 3 aromatic carbocycles. The molecule has 168 valence electrons. The predicted octanol–water partition coefficient (Wildman–Crippen LogP) is 4.08. The summed E-state index contributed by atoms with van der Waals surface area (Å²) in [7, 11) is 1.61. The molecule has 7 nitrogen and oxygen atoms in total. The molecule has 1 aliphatic rings. The first-order chi connectivity index (χ1) is 16.2. The van der Waals surface area contributed by atoms with Crippen molar-refractivity contribution >= 4 is 22.6 Å². The topological polar surface area (TPSA) is 68.6 Å². The molecule has 1 N–H and O–H groups in total. The molecule has 7 heteroatoms. The van der Waals surface area contributed by atoms with E-state index in [0.717, 1.165) is 48.8 Å². The molecule has 0 aliphatic carbocycles. The fourth-order valence-electron chi connectivity index (χ4n) is 4.14. The highest BCUT2D eigenvalue weighted by Gasteiger charge is 2.20. The van der Waals surface area contributed by atoms with Gasteiger partial charge in [0.1, 0.15) is 17.3 Å². The summed E-state index contributed by atoms with van der Waals surface area (Å²) in [6, 6.07) is 23.5. The zero-order chi connectivity index (χ0) is 22.6. The van der Waals surface area contributed by atoms with Crippen molar-refractivity contribution in [1.82, 2.24) is 14.5 Å². The van der Waals surface area contributed by atoms with Gasteiger partial charge in [-0.1, -0.05) is 30.3 Å². The van der Waals surface area contributed by atoms with Crippen LogP contribution < -0.4 is 14.8 Å². The minimum absolute atomic E-state index is 0.0709. The van der Waals surface area contributed by atoms with Crippen LogP contribution in [0.5, 0.6) is 11.5 Å². The van der Waals surface area contributed by atoms with Crippen molar-refractivity contribution in [1.29, 1.82) is 0 Å². The molecule has 4 aromatic rings. The first-order valence-corrected chi connectivity index (χ1v) is 11.0. The van der Waals surface area contributed by atoms with Gasteiger partial charge in [-0.15, -0.1) is 0 Å². The Labute approximate surface area is 192 Å². The van der Waals surface area contributed by atoms with E-state index in [4.69, 9.17) is 14.5 Å². The van der Waals surface area contributed by atoms with Crippen molar-refractivity contribution in [3.8, 4) is 11.5 Å². The highest BCUT2D eigenvalue weighted by molar-refractivity contribution is 5.94. The largest absolute Gasteiger partial charge is 0.497 e. The van der Waals surface area contributed by atoms with Crippen LogP contribution in [0.2, 0.25) is 0 Å². The van der Waals surface area contributed by atoms with Crippen LogP contribution in [0.3, 0.4) is 0 Å². The van der Waals surface area contributed by atoms with Crippen LogP contribution in [-0.2, 0) is 24.4 Å². The molecule has 5 rings (SSSR count). The number of imidazole rings is 1. The van der Waals surface area contributed by atoms with Gasteiger partial charge in [-0.25, -0.2) is 4.98 Å². The number of aromatic nitrogens is 2. The minimum atomic E-state index is -0.219. The van der Waals surface area contributed by atoms with Gasteiger partial charge >= 0.3 is 0 Å². The van der Waals surface area contributed by atoms with E-state index in [1.165, 1.54) is 5.56 Å². The number of ether oxygens (including phenoxy) is 2. The molecule has 0 saturated carbocycles. The Morgan fingerprint density at radius 3 is 2.58 bits per heavy atom. The van der Waals surface area contributed by atoms with Gasteiger partial charge in [-0.05, 0) is 48.0 Å². The molecule has 0 bridgehead atoms. The number of nitrogens with zero attached hydrogens (tertiary/aromatic N) is 3. The quantitative estimate of drug-likeness (QED) is 0.467. The molecule has 33 heavy (non-hydrogen) atoms. The van der Waals surface area contributed by atoms with Crippen molar-refractivity contribution in [2.75, 3.05) is 25.6 Å². The summed E-state index contributed by atoms with van der Waals surface area (Å²) < 4.78 is 13.0. The van der Waals surface area contributed by atoms with E-state index in [-0.39, 0.29) is 12.5 Å². The van der Waals surface area contributed by atoms with Gasteiger partial charge in [0.25, 0.3) is 5.91 Å². The highest BCUT2D eigenvalue weighted by atomic mass is 16.5. The van der Waals surface area contributed by atoms with Gasteiger partial charge in [-0.2, -0.15) is 0 Å². The monoisotopic (exact) mass is 442 g/mol. The lowest BCUT2D eigenvalue weighted by atomic mass is 10.2. The first-order valence-electron chi connectivity index (χ1n) is 11.0. The van der Waals surface area contributed by atoms with Crippen LogP contribution in [0.1, 0.15) is 11.4 Å². The number of benzene rings is 3. The van der Waals surface area contributed by atoms with Gasteiger partial charge in [0.05, 0.1) is 24.7 Å². The third-order valence-electron chi connectivity index (χ3n) is 5.79. The standard InChI is InChI=1S/C26H26N4O3/c1-32-21-8-10-22(11-9-21)33-18-26(31)27-20-7-12-24-23(15-20)28-25-17-29(13-14-30(24)25)16-19-5-3-2-4-6-19/h2-12,15H,13-14,16-18H2,1H3,(H,27,31). The molecular weight excluding hydrogens is 416 g/mol. The lowest BCUT2D eigenvalue weighted by Gasteiger charge is -2.27. The van der Waals surface area contributed by atoms with Crippen molar-refractivity contribution in [3.63, 3.8) is 0 Å². The average molecular weight is 443 g/mol. The van der Waals surface area contributed by atoms with Gasteiger partial charge in [0.2, 0.25) is 0 Å². The molecule has 0 fully saturated rings. The summed E-state index contributed by atoms with van der Waals surface area (Å²) >= 11 is 0. The van der Waals surface area contributed by atoms with Gasteiger partial charge in [0, 0.05) is 25.3 Å². The van der Waals surface area contributed by atoms with Crippen molar-refractivity contribution < 1.29 is 14.3 Å². The molecule has 0 saturated heterocycles. The Balaban J connectivity index is 1.22. The van der Waals surface area contributed by atoms with E-state index in [1.807, 2.05) is 24.3 Å². The number of hydrogen-bond donors (Lipinski definition) is 1. The number of anilines is 1. The molecule has 1 amide bonds. The average Bonchev–Trinajstić information content (AvgIpc) is 3.20. The molecule has 2 heterocycles. The minimum Gasteiger partial charge on any atom is -0.497 e. The van der Waals surface area contributed by atoms with Crippen molar-refractivity contribution in [2.45, 2.75) is 19.6 Å². The van der Waals surface area contributed by atoms with Crippen LogP contribution in [0.25, 0.3) is 11.0 Å². The Bertz CT molecular complexity index is 1250. The number of rotatable bonds is 7. The molecule has 1 aliphatic heterocycles. The summed E-state index contributed by atoms with van der Waals surface area (Å²) in [5.74, 6) is 2.19. The number of nitrogens with one attached hydrogen (secondary N) is 1. The van der Waals surface area contributed by atoms with E-state index in [1.54, 1.807) is 31.4 Å². The fourth-order valence-corrected chi connectivity index (χ4v) is 4.14. The normalized spacial score (nSPS) is 13.5. The maximum Gasteiger partial charge on any atom is 0.262 e. The predicted molar refractivity (Wildman–Crippen MR) is 127 cm³/mol. The van der Waals surface area contributed by atoms with Gasteiger partial charge in [0.15, 0.2) is 6.61 Å². The molecule has 0 unspecified atom stereocenters. The van der Waals surface area contributed by atoms with Crippen LogP contribution in [0.15, 0.2) is 72.8 Å². The third kappa shape index (κ3) is 4.83. The Kier molecular flexibility index (Phi) is 5.95. The summed E-state index contributed by atoms with van der Waals surface area (Å²) in [5, 5.41) is 2.90. The lowest BCUT2D eigenvalue weighted by molar-refractivity contribution is -0.118. The lowest BCUT2D eigenvalue weighted by Crippen LogP contribution is -2.33. The number of hydrogen-bond acceptors (Lipinski definition) is 5. The summed E-state index contributed by atoms with van der Waals surface area (Å²) in [6.07, 6.45) is 0. The van der Waals surface area contributed by atoms with Crippen LogP contribution in [-0.4, -0.2) is 40.6 Å². The van der Waals surface area contributed by atoms with Crippen molar-refractivity contribution in [3.05, 3.63) is 84.2 Å². The molecule has 0 spiro atoms. The number of amides is 1. The van der Waals surface area contributed by atoms with E-state index < -0.39 is 0 Å². The SMILES string of the molecule is COc1ccc(OCC(=O)Nc2ccc3c(c2)nc2n3CCN(Cc3ccccc3)C2)cc1. The number of carbonyl (C=O) groups excluding carboxylic acids is 1. The second-order valence-corrected chi connectivity index (χ2v) is 8.09. The van der Waals surface area contributed by atoms with E-state index in [2.05, 4.69) is 39.0 Å². The summed E-state index contributed by atoms with van der Waals surface area (Å²) in [6.45, 7) is 3.54. The maximum atomic E-state index is 12.4. The molecule has 1 aromatic heterocycles. The molecule has 0 radical (unpaired) electrons. The van der Waals surface area contributed by atoms with Gasteiger partial charge < -0.3 is 19.4 Å². The van der Waals surface area contributed by atoms with Gasteiger partial charge in [-0.3, -0.25) is 9.69 Å². The Morgan fingerprint density at radius 2 is 1.79 bits per heavy atom. The number of carbonyl (C=O) groups is 1. The van der Waals surface area contributed by atoms with E-state index in [0.29, 0.717) is 11.4 Å². The maximum absolute atomic E-state index is 12.4. The summed E-state index contributed by atoms with van der Waals surface area (Å²) in [5.41, 5.74) is 4.00. The molecule has 0 atom stereocenters. The Hall–Kier alpha value is -3.84. The number of methoxy groups -OCH3 is 1. The highest BCUT2D eigenvalue weighted by Crippen LogP contribution is 2.25. The third-order valence-corrected chi connectivity index (χ3v) is 5.79. The smallest absolute Gasteiger partial charge is 0.262 e.